The molecule has 6 nitrogen and oxygen atoms in total. The first-order valence-electron chi connectivity index (χ1n) is 5.93. The molecule has 116 valence electrons. The molecule has 0 aromatic rings. The highest BCUT2D eigenvalue weighted by Crippen LogP contribution is 2.30. The Bertz CT molecular complexity index is 456. The molecule has 0 N–H and O–H groups in total. The Balaban J connectivity index is 5.48. The zero-order chi connectivity index (χ0) is 16.3. The van der Waals surface area contributed by atoms with Gasteiger partial charge in [0, 0.05) is 17.7 Å². The molecule has 0 aliphatic rings. The van der Waals surface area contributed by atoms with Crippen LogP contribution in [0.2, 0.25) is 0 Å². The summed E-state index contributed by atoms with van der Waals surface area (Å²) in [4.78, 5) is 35.0. The first kappa shape index (κ1) is 19.2. The van der Waals surface area contributed by atoms with Gasteiger partial charge in [-0.15, -0.1) is 0 Å². The van der Waals surface area contributed by atoms with Crippen LogP contribution in [-0.2, 0) is 28.6 Å². The van der Waals surface area contributed by atoms with Crippen LogP contribution in [0.4, 0.5) is 0 Å². The van der Waals surface area contributed by atoms with Gasteiger partial charge in [-0.1, -0.05) is 34.0 Å². The second kappa shape index (κ2) is 10.00. The SMILES string of the molecule is COC(=O)C#CCC(C/C=C/CBr)(C(=O)OC)C(=O)OC. The van der Waals surface area contributed by atoms with Gasteiger partial charge in [0.15, 0.2) is 5.41 Å². The van der Waals surface area contributed by atoms with Gasteiger partial charge in [0.2, 0.25) is 0 Å². The third-order valence-corrected chi connectivity index (χ3v) is 3.01. The molecule has 0 aromatic carbocycles. The van der Waals surface area contributed by atoms with Crippen molar-refractivity contribution < 1.29 is 28.6 Å². The molecule has 0 saturated carbocycles. The van der Waals surface area contributed by atoms with E-state index >= 15 is 0 Å². The lowest BCUT2D eigenvalue weighted by atomic mass is 9.81. The highest BCUT2D eigenvalue weighted by atomic mass is 79.9. The van der Waals surface area contributed by atoms with Crippen LogP contribution in [0.25, 0.3) is 0 Å². The first-order chi connectivity index (χ1) is 9.98. The molecule has 0 radical (unpaired) electrons. The van der Waals surface area contributed by atoms with Crippen molar-refractivity contribution in [1.29, 1.82) is 0 Å². The molecule has 0 rings (SSSR count). The summed E-state index contributed by atoms with van der Waals surface area (Å²) >= 11 is 3.20. The number of carbonyl (C=O) groups is 3. The van der Waals surface area contributed by atoms with E-state index in [0.29, 0.717) is 5.33 Å². The largest absolute Gasteiger partial charge is 0.468 e. The molecule has 21 heavy (non-hydrogen) atoms. The van der Waals surface area contributed by atoms with E-state index in [2.05, 4.69) is 42.0 Å². The zero-order valence-corrected chi connectivity index (χ0v) is 13.7. The summed E-state index contributed by atoms with van der Waals surface area (Å²) in [6.45, 7) is 0. The predicted octanol–water partition coefficient (Wildman–Crippen LogP) is 1.23. The fraction of sp³-hybridized carbons (Fsp3) is 0.500. The molecule has 0 heterocycles. The van der Waals surface area contributed by atoms with E-state index < -0.39 is 23.3 Å². The van der Waals surface area contributed by atoms with Crippen molar-refractivity contribution in [2.24, 2.45) is 5.41 Å². The third kappa shape index (κ3) is 5.60. The minimum absolute atomic E-state index is 0.0494. The van der Waals surface area contributed by atoms with Crippen molar-refractivity contribution in [3.63, 3.8) is 0 Å². The van der Waals surface area contributed by atoms with Crippen molar-refractivity contribution in [2.45, 2.75) is 12.8 Å². The highest BCUT2D eigenvalue weighted by molar-refractivity contribution is 9.09. The summed E-state index contributed by atoms with van der Waals surface area (Å²) in [6, 6.07) is 0. The Morgan fingerprint density at radius 1 is 1.05 bits per heavy atom. The van der Waals surface area contributed by atoms with Crippen LogP contribution >= 0.6 is 15.9 Å². The molecule has 0 aliphatic carbocycles. The number of esters is 3. The molecule has 7 heteroatoms. The van der Waals surface area contributed by atoms with E-state index in [1.165, 1.54) is 21.3 Å². The van der Waals surface area contributed by atoms with Crippen molar-refractivity contribution in [3.8, 4) is 11.8 Å². The Labute approximate surface area is 131 Å². The summed E-state index contributed by atoms with van der Waals surface area (Å²) < 4.78 is 13.7. The van der Waals surface area contributed by atoms with Crippen LogP contribution in [0, 0.1) is 17.3 Å². The average molecular weight is 361 g/mol. The maximum absolute atomic E-state index is 12.0. The number of hydrogen-bond acceptors (Lipinski definition) is 6. The van der Waals surface area contributed by atoms with Gasteiger partial charge >= 0.3 is 17.9 Å². The van der Waals surface area contributed by atoms with Gasteiger partial charge < -0.3 is 14.2 Å². The van der Waals surface area contributed by atoms with Gasteiger partial charge in [-0.3, -0.25) is 9.59 Å². The maximum atomic E-state index is 12.0. The number of carbonyl (C=O) groups excluding carboxylic acids is 3. The van der Waals surface area contributed by atoms with Crippen molar-refractivity contribution >= 4 is 33.8 Å². The molecule has 0 bridgehead atoms. The summed E-state index contributed by atoms with van der Waals surface area (Å²) in [7, 11) is 3.52. The fourth-order valence-electron chi connectivity index (χ4n) is 1.52. The maximum Gasteiger partial charge on any atom is 0.384 e. The van der Waals surface area contributed by atoms with Gasteiger partial charge in [-0.25, -0.2) is 4.79 Å². The molecule has 0 aromatic heterocycles. The van der Waals surface area contributed by atoms with Gasteiger partial charge in [-0.05, 0) is 6.42 Å². The molecule has 0 amide bonds. The topological polar surface area (TPSA) is 78.9 Å². The van der Waals surface area contributed by atoms with Gasteiger partial charge in [-0.2, -0.15) is 0 Å². The van der Waals surface area contributed by atoms with Gasteiger partial charge in [0.25, 0.3) is 0 Å². The Morgan fingerprint density at radius 3 is 2.05 bits per heavy atom. The molecular weight excluding hydrogens is 344 g/mol. The lowest BCUT2D eigenvalue weighted by Gasteiger charge is -2.24. The van der Waals surface area contributed by atoms with E-state index in [1.807, 2.05) is 0 Å². The molecule has 0 saturated heterocycles. The number of hydrogen-bond donors (Lipinski definition) is 0. The van der Waals surface area contributed by atoms with E-state index in [4.69, 9.17) is 0 Å². The van der Waals surface area contributed by atoms with Gasteiger partial charge in [0.1, 0.15) is 0 Å². The molecule has 0 unspecified atom stereocenters. The second-order valence-electron chi connectivity index (χ2n) is 3.87. The smallest absolute Gasteiger partial charge is 0.384 e. The first-order valence-corrected chi connectivity index (χ1v) is 7.05. The summed E-state index contributed by atoms with van der Waals surface area (Å²) in [5, 5.41) is 0.569. The number of ether oxygens (including phenoxy) is 3. The number of halogens is 1. The molecular formula is C14H17BrO6. The molecule has 0 aliphatic heterocycles. The molecule has 0 spiro atoms. The summed E-state index contributed by atoms with van der Waals surface area (Å²) in [6.07, 6.45) is 3.21. The Morgan fingerprint density at radius 2 is 1.62 bits per heavy atom. The van der Waals surface area contributed by atoms with Crippen LogP contribution in [-0.4, -0.2) is 44.6 Å². The average Bonchev–Trinajstić information content (AvgIpc) is 2.51. The van der Waals surface area contributed by atoms with Crippen LogP contribution < -0.4 is 0 Å². The lowest BCUT2D eigenvalue weighted by molar-refractivity contribution is -0.168. The van der Waals surface area contributed by atoms with E-state index in [9.17, 15) is 14.4 Å². The van der Waals surface area contributed by atoms with Gasteiger partial charge in [0.05, 0.1) is 21.3 Å². The number of allylic oxidation sites excluding steroid dienone is 2. The lowest BCUT2D eigenvalue weighted by Crippen LogP contribution is -2.40. The van der Waals surface area contributed by atoms with E-state index in [1.54, 1.807) is 12.2 Å². The predicted molar refractivity (Wildman–Crippen MR) is 78.4 cm³/mol. The minimum atomic E-state index is -1.61. The number of rotatable bonds is 6. The monoisotopic (exact) mass is 360 g/mol. The summed E-state index contributed by atoms with van der Waals surface area (Å²) in [5.41, 5.74) is -1.61. The van der Waals surface area contributed by atoms with Crippen molar-refractivity contribution in [2.75, 3.05) is 26.7 Å². The molecule has 0 atom stereocenters. The molecule has 0 fully saturated rings. The number of methoxy groups -OCH3 is 3. The van der Waals surface area contributed by atoms with E-state index in [-0.39, 0.29) is 12.8 Å². The van der Waals surface area contributed by atoms with Crippen LogP contribution in [0.3, 0.4) is 0 Å². The van der Waals surface area contributed by atoms with Crippen LogP contribution in [0.5, 0.6) is 0 Å². The minimum Gasteiger partial charge on any atom is -0.468 e. The fourth-order valence-corrected chi connectivity index (χ4v) is 1.79. The van der Waals surface area contributed by atoms with Crippen LogP contribution in [0.1, 0.15) is 12.8 Å². The normalized spacial score (nSPS) is 10.5. The van der Waals surface area contributed by atoms with Crippen molar-refractivity contribution in [3.05, 3.63) is 12.2 Å². The Kier molecular flexibility index (Phi) is 9.13. The second-order valence-corrected chi connectivity index (χ2v) is 4.51. The van der Waals surface area contributed by atoms with Crippen LogP contribution in [0.15, 0.2) is 12.2 Å². The Hall–Kier alpha value is -1.81. The zero-order valence-electron chi connectivity index (χ0n) is 12.1. The third-order valence-electron chi connectivity index (χ3n) is 2.64. The number of alkyl halides is 1. The highest BCUT2D eigenvalue weighted by Gasteiger charge is 2.47. The summed E-state index contributed by atoms with van der Waals surface area (Å²) in [5.74, 6) is 2.34. The quantitative estimate of drug-likeness (QED) is 0.135. The standard InChI is InChI=1S/C14H17BrO6/c1-19-11(16)7-6-9-14(12(17)20-2,13(18)21-3)8-4-5-10-15/h4-5H,8-10H2,1-3H3/b5-4+. The van der Waals surface area contributed by atoms with Crippen molar-refractivity contribution in [1.82, 2.24) is 0 Å². The van der Waals surface area contributed by atoms with E-state index in [0.717, 1.165) is 0 Å².